The van der Waals surface area contributed by atoms with E-state index in [1.807, 2.05) is 20.8 Å². The van der Waals surface area contributed by atoms with E-state index >= 15 is 0 Å². The van der Waals surface area contributed by atoms with Crippen molar-refractivity contribution in [3.63, 3.8) is 0 Å². The number of halogens is 9. The van der Waals surface area contributed by atoms with Crippen LogP contribution in [0.4, 0.5) is 39.5 Å². The molecule has 53 heavy (non-hydrogen) atoms. The van der Waals surface area contributed by atoms with E-state index in [9.17, 15) is 49.1 Å². The zero-order valence-corrected chi connectivity index (χ0v) is 31.1. The number of benzene rings is 2. The summed E-state index contributed by atoms with van der Waals surface area (Å²) in [6, 6.07) is 8.09. The molecule has 0 aliphatic carbocycles. The van der Waals surface area contributed by atoms with Crippen LogP contribution in [0.1, 0.15) is 73.3 Å². The maximum absolute atomic E-state index is 14.4. The standard InChI is InChI=1S/C36H41F9O7S/c1-30(2,3)20-32(7,31(4,5)6)29(47)49-15-13-33(37,38)51-36(44,45)52-34(39,40)14-16-53-23-11-9-21-17-25(28(46)50-27(21)19-23)24-12-10-22(48-8)18-26(24)35(41,42)43/h9-12,17-19H,13-16,20H2,1-8H3. The van der Waals surface area contributed by atoms with Gasteiger partial charge in [0.1, 0.15) is 11.3 Å². The lowest BCUT2D eigenvalue weighted by atomic mass is 9.61. The van der Waals surface area contributed by atoms with Crippen LogP contribution in [0.15, 0.2) is 56.6 Å². The maximum Gasteiger partial charge on any atom is 0.494 e. The van der Waals surface area contributed by atoms with E-state index in [-0.39, 0.29) is 27.0 Å². The maximum atomic E-state index is 14.4. The van der Waals surface area contributed by atoms with Crippen molar-refractivity contribution in [3.8, 4) is 16.9 Å². The zero-order valence-electron chi connectivity index (χ0n) is 30.2. The summed E-state index contributed by atoms with van der Waals surface area (Å²) in [4.78, 5) is 25.8. The molecule has 0 fully saturated rings. The predicted octanol–water partition coefficient (Wildman–Crippen LogP) is 11.2. The lowest BCUT2D eigenvalue weighted by Crippen LogP contribution is -2.45. The average molecular weight is 789 g/mol. The van der Waals surface area contributed by atoms with Gasteiger partial charge in [-0.05, 0) is 60.6 Å². The van der Waals surface area contributed by atoms with Crippen LogP contribution in [-0.2, 0) is 25.2 Å². The highest BCUT2D eigenvalue weighted by Gasteiger charge is 2.52. The third kappa shape index (κ3) is 12.0. The summed E-state index contributed by atoms with van der Waals surface area (Å²) in [5, 5.41) is 0.183. The average Bonchev–Trinajstić information content (AvgIpc) is 2.97. The Morgan fingerprint density at radius 3 is 1.92 bits per heavy atom. The lowest BCUT2D eigenvalue weighted by Gasteiger charge is -2.43. The van der Waals surface area contributed by atoms with Gasteiger partial charge in [0, 0.05) is 28.0 Å². The highest BCUT2D eigenvalue weighted by molar-refractivity contribution is 7.99. The summed E-state index contributed by atoms with van der Waals surface area (Å²) in [6.07, 6.45) is -22.3. The molecule has 0 radical (unpaired) electrons. The quantitative estimate of drug-likeness (QED) is 0.0495. The first-order valence-corrected chi connectivity index (χ1v) is 17.1. The highest BCUT2D eigenvalue weighted by atomic mass is 32.2. The summed E-state index contributed by atoms with van der Waals surface area (Å²) in [5.41, 5.74) is -5.42. The molecule has 0 amide bonds. The fourth-order valence-electron chi connectivity index (χ4n) is 5.37. The minimum absolute atomic E-state index is 0.0938. The minimum atomic E-state index is -5.45. The zero-order chi connectivity index (χ0) is 40.4. The van der Waals surface area contributed by atoms with Gasteiger partial charge in [0.25, 0.3) is 0 Å². The molecule has 296 valence electrons. The van der Waals surface area contributed by atoms with Crippen LogP contribution in [0, 0.1) is 16.2 Å². The van der Waals surface area contributed by atoms with Crippen LogP contribution in [-0.4, -0.2) is 44.0 Å². The normalized spacial score (nSPS) is 14.7. The summed E-state index contributed by atoms with van der Waals surface area (Å²) >= 11 is 0.671. The van der Waals surface area contributed by atoms with Crippen molar-refractivity contribution in [2.75, 3.05) is 19.5 Å². The third-order valence-corrected chi connectivity index (χ3v) is 9.34. The van der Waals surface area contributed by atoms with E-state index in [4.69, 9.17) is 13.9 Å². The topological polar surface area (TPSA) is 84.2 Å². The third-order valence-electron chi connectivity index (χ3n) is 8.34. The number of thioether (sulfide) groups is 1. The van der Waals surface area contributed by atoms with Crippen LogP contribution in [0.3, 0.4) is 0 Å². The molecule has 1 heterocycles. The summed E-state index contributed by atoms with van der Waals surface area (Å²) in [6.45, 7) is 11.4. The van der Waals surface area contributed by atoms with E-state index in [2.05, 4.69) is 9.47 Å². The monoisotopic (exact) mass is 788 g/mol. The number of ether oxygens (including phenoxy) is 4. The van der Waals surface area contributed by atoms with Gasteiger partial charge in [-0.2, -0.15) is 30.7 Å². The first kappa shape index (κ1) is 44.0. The molecule has 0 saturated heterocycles. The van der Waals surface area contributed by atoms with Crippen LogP contribution in [0.5, 0.6) is 5.75 Å². The number of hydrogen-bond acceptors (Lipinski definition) is 8. The first-order chi connectivity index (χ1) is 24.0. The second-order valence-electron chi connectivity index (χ2n) is 14.8. The Balaban J connectivity index is 1.61. The Labute approximate surface area is 304 Å². The van der Waals surface area contributed by atoms with Crippen LogP contribution in [0.2, 0.25) is 0 Å². The summed E-state index contributed by atoms with van der Waals surface area (Å²) < 4.78 is 148. The molecule has 1 atom stereocenters. The van der Waals surface area contributed by atoms with Gasteiger partial charge in [0.2, 0.25) is 0 Å². The number of fused-ring (bicyclic) bond motifs is 1. The predicted molar refractivity (Wildman–Crippen MR) is 179 cm³/mol. The Hall–Kier alpha value is -3.44. The molecule has 7 nitrogen and oxygen atoms in total. The van der Waals surface area contributed by atoms with Crippen molar-refractivity contribution in [2.45, 2.75) is 97.3 Å². The number of alkyl halides is 9. The van der Waals surface area contributed by atoms with E-state index in [0.717, 1.165) is 18.2 Å². The van der Waals surface area contributed by atoms with Crippen LogP contribution in [0.25, 0.3) is 22.1 Å². The van der Waals surface area contributed by atoms with Crippen molar-refractivity contribution in [1.29, 1.82) is 0 Å². The van der Waals surface area contributed by atoms with Crippen molar-refractivity contribution >= 4 is 28.7 Å². The fraction of sp³-hybridized carbons (Fsp3) is 0.556. The molecule has 0 bridgehead atoms. The summed E-state index contributed by atoms with van der Waals surface area (Å²) in [7, 11) is 1.18. The van der Waals surface area contributed by atoms with Gasteiger partial charge < -0.3 is 13.9 Å². The van der Waals surface area contributed by atoms with E-state index < -0.39 is 89.0 Å². The molecule has 0 aliphatic heterocycles. The molecule has 3 rings (SSSR count). The van der Waals surface area contributed by atoms with Gasteiger partial charge in [-0.3, -0.25) is 4.79 Å². The van der Waals surface area contributed by atoms with Crippen molar-refractivity contribution in [1.82, 2.24) is 0 Å². The molecular weight excluding hydrogens is 747 g/mol. The molecule has 0 spiro atoms. The Morgan fingerprint density at radius 2 is 1.38 bits per heavy atom. The number of hydrogen-bond donors (Lipinski definition) is 0. The van der Waals surface area contributed by atoms with E-state index in [1.54, 1.807) is 27.7 Å². The molecule has 1 aromatic heterocycles. The molecule has 1 unspecified atom stereocenters. The van der Waals surface area contributed by atoms with Crippen molar-refractivity contribution in [2.24, 2.45) is 16.2 Å². The number of carbonyl (C=O) groups is 1. The first-order valence-electron chi connectivity index (χ1n) is 16.1. The number of rotatable bonds is 15. The molecule has 0 saturated carbocycles. The van der Waals surface area contributed by atoms with Crippen LogP contribution >= 0.6 is 11.8 Å². The molecule has 3 aromatic rings. The Kier molecular flexibility index (Phi) is 13.0. The number of carbonyl (C=O) groups excluding carboxylic acids is 1. The van der Waals surface area contributed by atoms with Crippen molar-refractivity contribution < 1.29 is 67.7 Å². The molecule has 0 aliphatic rings. The Bertz CT molecular complexity index is 1810. The van der Waals surface area contributed by atoms with E-state index in [1.165, 1.54) is 31.4 Å². The van der Waals surface area contributed by atoms with Gasteiger partial charge in [0.05, 0.1) is 36.7 Å². The largest absolute Gasteiger partial charge is 0.497 e. The SMILES string of the molecule is COc1ccc(-c2cc3ccc(SCCC(F)(F)OC(F)(F)OC(F)(F)CCOC(=O)C(C)(CC(C)(C)C)C(C)(C)C)cc3oc2=O)c(C(F)(F)F)c1. The molecule has 0 N–H and O–H groups in total. The van der Waals surface area contributed by atoms with Gasteiger partial charge in [-0.1, -0.05) is 47.6 Å². The minimum Gasteiger partial charge on any atom is -0.497 e. The second-order valence-corrected chi connectivity index (χ2v) is 16.0. The number of methoxy groups -OCH3 is 1. The van der Waals surface area contributed by atoms with E-state index in [0.29, 0.717) is 18.2 Å². The summed E-state index contributed by atoms with van der Waals surface area (Å²) in [5.74, 6) is -1.54. The van der Waals surface area contributed by atoms with Gasteiger partial charge in [-0.15, -0.1) is 20.5 Å². The smallest absolute Gasteiger partial charge is 0.494 e. The number of esters is 1. The van der Waals surface area contributed by atoms with Gasteiger partial charge >= 0.3 is 36.3 Å². The Morgan fingerprint density at radius 1 is 0.774 bits per heavy atom. The second kappa shape index (κ2) is 15.7. The molecular formula is C36H41F9O7S. The lowest BCUT2D eigenvalue weighted by molar-refractivity contribution is -0.514. The van der Waals surface area contributed by atoms with Gasteiger partial charge in [-0.25, -0.2) is 14.3 Å². The fourth-order valence-corrected chi connectivity index (χ4v) is 6.30. The van der Waals surface area contributed by atoms with Crippen LogP contribution < -0.4 is 10.4 Å². The van der Waals surface area contributed by atoms with Crippen molar-refractivity contribution in [3.05, 3.63) is 58.4 Å². The highest BCUT2D eigenvalue weighted by Crippen LogP contribution is 2.48. The molecule has 17 heteroatoms. The van der Waals surface area contributed by atoms with Gasteiger partial charge in [0.15, 0.2) is 0 Å². The molecule has 2 aromatic carbocycles.